The molecule has 16 heavy (non-hydrogen) atoms. The van der Waals surface area contributed by atoms with E-state index in [-0.39, 0.29) is 24.2 Å². The first kappa shape index (κ1) is 15.4. The van der Waals surface area contributed by atoms with Gasteiger partial charge in [0.25, 0.3) is 0 Å². The second-order valence-electron chi connectivity index (χ2n) is 5.02. The van der Waals surface area contributed by atoms with Crippen molar-refractivity contribution in [3.05, 3.63) is 0 Å². The molecule has 0 bridgehead atoms. The third kappa shape index (κ3) is 11.5. The molecule has 0 fully saturated rings. The summed E-state index contributed by atoms with van der Waals surface area (Å²) in [6.07, 6.45) is 1.08. The highest BCUT2D eigenvalue weighted by atomic mass is 16.5. The Kier molecular flexibility index (Phi) is 7.34. The maximum absolute atomic E-state index is 11.3. The molecule has 0 heterocycles. The van der Waals surface area contributed by atoms with Crippen LogP contribution in [0.2, 0.25) is 0 Å². The SMILES string of the molecule is CC(C)OCCCNC(=O)COC(C)(C)C. The minimum Gasteiger partial charge on any atom is -0.379 e. The number of carbonyl (C=O) groups excluding carboxylic acids is 1. The fraction of sp³-hybridized carbons (Fsp3) is 0.917. The van der Waals surface area contributed by atoms with Crippen molar-refractivity contribution in [1.29, 1.82) is 0 Å². The van der Waals surface area contributed by atoms with Gasteiger partial charge in [0.1, 0.15) is 6.61 Å². The molecule has 0 aliphatic rings. The van der Waals surface area contributed by atoms with E-state index < -0.39 is 0 Å². The minimum absolute atomic E-state index is 0.0699. The van der Waals surface area contributed by atoms with E-state index in [2.05, 4.69) is 5.32 Å². The van der Waals surface area contributed by atoms with Crippen LogP contribution < -0.4 is 5.32 Å². The van der Waals surface area contributed by atoms with Crippen molar-refractivity contribution in [2.75, 3.05) is 19.8 Å². The number of ether oxygens (including phenoxy) is 2. The number of rotatable bonds is 7. The molecule has 0 saturated heterocycles. The molecule has 1 amide bonds. The largest absolute Gasteiger partial charge is 0.379 e. The molecule has 0 aromatic rings. The molecular weight excluding hydrogens is 206 g/mol. The van der Waals surface area contributed by atoms with Crippen LogP contribution in [0, 0.1) is 0 Å². The Morgan fingerprint density at radius 2 is 1.94 bits per heavy atom. The van der Waals surface area contributed by atoms with Crippen LogP contribution in [-0.4, -0.2) is 37.4 Å². The lowest BCUT2D eigenvalue weighted by Crippen LogP contribution is -2.33. The normalized spacial score (nSPS) is 11.9. The van der Waals surface area contributed by atoms with Gasteiger partial charge >= 0.3 is 0 Å². The summed E-state index contributed by atoms with van der Waals surface area (Å²) < 4.78 is 10.7. The van der Waals surface area contributed by atoms with Crippen LogP contribution in [0.15, 0.2) is 0 Å². The molecule has 0 aliphatic carbocycles. The van der Waals surface area contributed by atoms with E-state index in [1.54, 1.807) is 0 Å². The van der Waals surface area contributed by atoms with Gasteiger partial charge in [-0.3, -0.25) is 4.79 Å². The Labute approximate surface area is 98.7 Å². The Balaban J connectivity index is 3.38. The first-order chi connectivity index (χ1) is 7.31. The van der Waals surface area contributed by atoms with Crippen LogP contribution in [0.3, 0.4) is 0 Å². The quantitative estimate of drug-likeness (QED) is 0.679. The number of hydrogen-bond donors (Lipinski definition) is 1. The molecule has 0 unspecified atom stereocenters. The van der Waals surface area contributed by atoms with Crippen LogP contribution in [0.25, 0.3) is 0 Å². The zero-order valence-electron chi connectivity index (χ0n) is 11.1. The Hall–Kier alpha value is -0.610. The Bertz CT molecular complexity index is 197. The second kappa shape index (κ2) is 7.63. The lowest BCUT2D eigenvalue weighted by Gasteiger charge is -2.19. The summed E-state index contributed by atoms with van der Waals surface area (Å²) >= 11 is 0. The summed E-state index contributed by atoms with van der Waals surface area (Å²) in [6, 6.07) is 0. The predicted molar refractivity (Wildman–Crippen MR) is 64.4 cm³/mol. The van der Waals surface area contributed by atoms with E-state index in [1.165, 1.54) is 0 Å². The zero-order chi connectivity index (χ0) is 12.6. The summed E-state index contributed by atoms with van der Waals surface area (Å²) in [5, 5.41) is 2.79. The zero-order valence-corrected chi connectivity index (χ0v) is 11.1. The fourth-order valence-corrected chi connectivity index (χ4v) is 0.952. The van der Waals surface area contributed by atoms with Gasteiger partial charge in [-0.05, 0) is 41.0 Å². The van der Waals surface area contributed by atoms with Crippen molar-refractivity contribution >= 4 is 5.91 Å². The van der Waals surface area contributed by atoms with Crippen LogP contribution in [0.1, 0.15) is 41.0 Å². The van der Waals surface area contributed by atoms with Gasteiger partial charge in [-0.25, -0.2) is 0 Å². The van der Waals surface area contributed by atoms with Gasteiger partial charge in [0.15, 0.2) is 0 Å². The van der Waals surface area contributed by atoms with Crippen LogP contribution in [0.5, 0.6) is 0 Å². The lowest BCUT2D eigenvalue weighted by molar-refractivity contribution is -0.130. The number of hydrogen-bond acceptors (Lipinski definition) is 3. The lowest BCUT2D eigenvalue weighted by atomic mass is 10.2. The van der Waals surface area contributed by atoms with Crippen LogP contribution in [-0.2, 0) is 14.3 Å². The first-order valence-electron chi connectivity index (χ1n) is 5.83. The molecule has 0 saturated carbocycles. The van der Waals surface area contributed by atoms with Crippen molar-refractivity contribution < 1.29 is 14.3 Å². The van der Waals surface area contributed by atoms with Crippen molar-refractivity contribution in [3.63, 3.8) is 0 Å². The average molecular weight is 231 g/mol. The molecule has 96 valence electrons. The van der Waals surface area contributed by atoms with Crippen molar-refractivity contribution in [2.45, 2.75) is 52.7 Å². The predicted octanol–water partition coefficient (Wildman–Crippen LogP) is 1.73. The maximum Gasteiger partial charge on any atom is 0.246 e. The smallest absolute Gasteiger partial charge is 0.246 e. The highest BCUT2D eigenvalue weighted by molar-refractivity contribution is 5.77. The van der Waals surface area contributed by atoms with Gasteiger partial charge in [0.05, 0.1) is 11.7 Å². The molecular formula is C12H25NO3. The summed E-state index contributed by atoms with van der Waals surface area (Å²) in [5.74, 6) is -0.0699. The van der Waals surface area contributed by atoms with Gasteiger partial charge < -0.3 is 14.8 Å². The number of carbonyl (C=O) groups is 1. The molecule has 0 aromatic heterocycles. The molecule has 4 nitrogen and oxygen atoms in total. The van der Waals surface area contributed by atoms with Crippen LogP contribution in [0.4, 0.5) is 0 Å². The summed E-state index contributed by atoms with van der Waals surface area (Å²) in [7, 11) is 0. The fourth-order valence-electron chi connectivity index (χ4n) is 0.952. The van der Waals surface area contributed by atoms with Gasteiger partial charge in [-0.15, -0.1) is 0 Å². The van der Waals surface area contributed by atoms with Gasteiger partial charge in [0.2, 0.25) is 5.91 Å². The van der Waals surface area contributed by atoms with Crippen molar-refractivity contribution in [2.24, 2.45) is 0 Å². The van der Waals surface area contributed by atoms with E-state index in [4.69, 9.17) is 9.47 Å². The highest BCUT2D eigenvalue weighted by Crippen LogP contribution is 2.05. The molecule has 0 aliphatic heterocycles. The Morgan fingerprint density at radius 3 is 2.44 bits per heavy atom. The molecule has 0 spiro atoms. The Morgan fingerprint density at radius 1 is 1.31 bits per heavy atom. The summed E-state index contributed by atoms with van der Waals surface area (Å²) in [4.78, 5) is 11.3. The molecule has 4 heteroatoms. The molecule has 1 N–H and O–H groups in total. The monoisotopic (exact) mass is 231 g/mol. The molecule has 0 rings (SSSR count). The van der Waals surface area contributed by atoms with Gasteiger partial charge in [-0.2, -0.15) is 0 Å². The second-order valence-corrected chi connectivity index (χ2v) is 5.02. The van der Waals surface area contributed by atoms with Gasteiger partial charge in [-0.1, -0.05) is 0 Å². The number of nitrogens with one attached hydrogen (secondary N) is 1. The van der Waals surface area contributed by atoms with E-state index in [0.29, 0.717) is 13.2 Å². The molecule has 0 atom stereocenters. The van der Waals surface area contributed by atoms with Crippen LogP contribution >= 0.6 is 0 Å². The first-order valence-corrected chi connectivity index (χ1v) is 5.83. The summed E-state index contributed by atoms with van der Waals surface area (Å²) in [5.41, 5.74) is -0.266. The molecule has 0 radical (unpaired) electrons. The van der Waals surface area contributed by atoms with E-state index in [1.807, 2.05) is 34.6 Å². The average Bonchev–Trinajstić information content (AvgIpc) is 2.12. The van der Waals surface area contributed by atoms with Gasteiger partial charge in [0, 0.05) is 13.2 Å². The standard InChI is InChI=1S/C12H25NO3/c1-10(2)15-8-6-7-13-11(14)9-16-12(3,4)5/h10H,6-9H2,1-5H3,(H,13,14). The topological polar surface area (TPSA) is 47.6 Å². The third-order valence-electron chi connectivity index (χ3n) is 1.73. The third-order valence-corrected chi connectivity index (χ3v) is 1.73. The van der Waals surface area contributed by atoms with E-state index in [9.17, 15) is 4.79 Å². The van der Waals surface area contributed by atoms with E-state index in [0.717, 1.165) is 6.42 Å². The molecule has 0 aromatic carbocycles. The summed E-state index contributed by atoms with van der Waals surface area (Å²) in [6.45, 7) is 11.2. The highest BCUT2D eigenvalue weighted by Gasteiger charge is 2.12. The maximum atomic E-state index is 11.3. The van der Waals surface area contributed by atoms with Crippen molar-refractivity contribution in [3.8, 4) is 0 Å². The van der Waals surface area contributed by atoms with E-state index >= 15 is 0 Å². The minimum atomic E-state index is -0.266. The number of amides is 1. The van der Waals surface area contributed by atoms with Crippen molar-refractivity contribution in [1.82, 2.24) is 5.32 Å².